The molecule has 0 spiro atoms. The number of fused-ring (bicyclic) bond motifs is 4. The molecule has 10 rings (SSSR count). The molecule has 0 aliphatic carbocycles. The molecule has 0 radical (unpaired) electrons. The molecule has 0 aliphatic heterocycles. The SMILES string of the molecule is c1ccc(-c2ccccc2-c2ccccc2-c2ccccc2N(c2ccc(-c3cccc4oc5ccccc5c34)cc2)c2cccc3ccccc23)cc1. The molecule has 9 aromatic carbocycles. The minimum atomic E-state index is 0.900. The van der Waals surface area contributed by atoms with Gasteiger partial charge in [0, 0.05) is 27.4 Å². The molecule has 0 N–H and O–H groups in total. The van der Waals surface area contributed by atoms with Crippen molar-refractivity contribution in [3.63, 3.8) is 0 Å². The van der Waals surface area contributed by atoms with E-state index in [1.54, 1.807) is 0 Å². The smallest absolute Gasteiger partial charge is 0.136 e. The van der Waals surface area contributed by atoms with Gasteiger partial charge in [0.1, 0.15) is 11.2 Å². The molecule has 1 heterocycles. The molecule has 0 saturated carbocycles. The Balaban J connectivity index is 1.17. The van der Waals surface area contributed by atoms with Gasteiger partial charge in [-0.15, -0.1) is 0 Å². The standard InChI is InChI=1S/C52H35NO/c1-2-16-36(17-3-1)40-20-6-7-22-43(40)44-23-8-9-24-45(44)46-25-10-12-28-49(46)53(48-29-14-19-37-18-4-5-21-41(37)48)39-34-32-38(33-35-39)42-27-15-31-51-52(42)47-26-11-13-30-50(47)54-51/h1-35H. The first-order valence-corrected chi connectivity index (χ1v) is 18.4. The fraction of sp³-hybridized carbons (Fsp3) is 0. The number of hydrogen-bond acceptors (Lipinski definition) is 2. The molecule has 0 unspecified atom stereocenters. The van der Waals surface area contributed by atoms with Crippen LogP contribution in [0.15, 0.2) is 217 Å². The first-order valence-electron chi connectivity index (χ1n) is 18.4. The molecule has 0 atom stereocenters. The van der Waals surface area contributed by atoms with Gasteiger partial charge in [-0.2, -0.15) is 0 Å². The van der Waals surface area contributed by atoms with Crippen LogP contribution in [-0.4, -0.2) is 0 Å². The van der Waals surface area contributed by atoms with Gasteiger partial charge >= 0.3 is 0 Å². The van der Waals surface area contributed by atoms with E-state index in [0.717, 1.165) is 55.7 Å². The molecular formula is C52H35NO. The van der Waals surface area contributed by atoms with Crippen LogP contribution >= 0.6 is 0 Å². The van der Waals surface area contributed by atoms with Crippen LogP contribution in [0.1, 0.15) is 0 Å². The van der Waals surface area contributed by atoms with Crippen LogP contribution in [0.25, 0.3) is 77.2 Å². The maximum absolute atomic E-state index is 6.25. The lowest BCUT2D eigenvalue weighted by Gasteiger charge is -2.29. The summed E-state index contributed by atoms with van der Waals surface area (Å²) in [5.74, 6) is 0. The minimum Gasteiger partial charge on any atom is -0.456 e. The topological polar surface area (TPSA) is 16.4 Å². The summed E-state index contributed by atoms with van der Waals surface area (Å²) in [4.78, 5) is 2.43. The van der Waals surface area contributed by atoms with Crippen LogP contribution in [0.2, 0.25) is 0 Å². The molecule has 2 nitrogen and oxygen atoms in total. The summed E-state index contributed by atoms with van der Waals surface area (Å²) in [7, 11) is 0. The van der Waals surface area contributed by atoms with Crippen molar-refractivity contribution in [2.45, 2.75) is 0 Å². The van der Waals surface area contributed by atoms with Crippen LogP contribution in [0.5, 0.6) is 0 Å². The zero-order chi connectivity index (χ0) is 35.8. The second kappa shape index (κ2) is 13.4. The average molecular weight is 690 g/mol. The van der Waals surface area contributed by atoms with Crippen molar-refractivity contribution in [2.75, 3.05) is 4.90 Å². The molecular weight excluding hydrogens is 655 g/mol. The first kappa shape index (κ1) is 31.6. The Kier molecular flexibility index (Phi) is 7.85. The highest BCUT2D eigenvalue weighted by atomic mass is 16.3. The summed E-state index contributed by atoms with van der Waals surface area (Å²) < 4.78 is 6.25. The largest absolute Gasteiger partial charge is 0.456 e. The Morgan fingerprint density at radius 3 is 1.59 bits per heavy atom. The van der Waals surface area contributed by atoms with Crippen molar-refractivity contribution >= 4 is 49.8 Å². The molecule has 0 amide bonds. The number of nitrogens with zero attached hydrogens (tertiary/aromatic N) is 1. The Bertz CT molecular complexity index is 2930. The zero-order valence-electron chi connectivity index (χ0n) is 29.6. The third kappa shape index (κ3) is 5.44. The van der Waals surface area contributed by atoms with Gasteiger partial charge in [-0.25, -0.2) is 0 Å². The van der Waals surface area contributed by atoms with Crippen molar-refractivity contribution in [3.05, 3.63) is 212 Å². The van der Waals surface area contributed by atoms with Gasteiger partial charge in [0.25, 0.3) is 0 Å². The normalized spacial score (nSPS) is 11.3. The van der Waals surface area contributed by atoms with Crippen LogP contribution < -0.4 is 4.90 Å². The predicted octanol–water partition coefficient (Wildman–Crippen LogP) is 14.9. The maximum atomic E-state index is 6.25. The number of furan rings is 1. The van der Waals surface area contributed by atoms with E-state index < -0.39 is 0 Å². The molecule has 0 fully saturated rings. The number of para-hydroxylation sites is 2. The van der Waals surface area contributed by atoms with Gasteiger partial charge < -0.3 is 9.32 Å². The highest BCUT2D eigenvalue weighted by Gasteiger charge is 2.22. The third-order valence-electron chi connectivity index (χ3n) is 10.5. The Labute approximate surface area is 314 Å². The van der Waals surface area contributed by atoms with E-state index in [9.17, 15) is 0 Å². The lowest BCUT2D eigenvalue weighted by Crippen LogP contribution is -2.12. The van der Waals surface area contributed by atoms with Crippen molar-refractivity contribution in [3.8, 4) is 44.5 Å². The fourth-order valence-electron chi connectivity index (χ4n) is 8.05. The summed E-state index contributed by atoms with van der Waals surface area (Å²) in [6, 6.07) is 75.9. The summed E-state index contributed by atoms with van der Waals surface area (Å²) in [6.45, 7) is 0. The molecule has 54 heavy (non-hydrogen) atoms. The van der Waals surface area contributed by atoms with Crippen LogP contribution in [0.4, 0.5) is 17.1 Å². The Hall–Kier alpha value is -7.16. The van der Waals surface area contributed by atoms with E-state index >= 15 is 0 Å². The van der Waals surface area contributed by atoms with Gasteiger partial charge in [0.15, 0.2) is 0 Å². The van der Waals surface area contributed by atoms with Gasteiger partial charge in [-0.3, -0.25) is 0 Å². The molecule has 1 aromatic heterocycles. The average Bonchev–Trinajstić information content (AvgIpc) is 3.64. The molecule has 2 heteroatoms. The van der Waals surface area contributed by atoms with E-state index in [1.807, 2.05) is 12.1 Å². The van der Waals surface area contributed by atoms with Gasteiger partial charge in [-0.1, -0.05) is 176 Å². The van der Waals surface area contributed by atoms with Crippen molar-refractivity contribution in [1.29, 1.82) is 0 Å². The van der Waals surface area contributed by atoms with Crippen LogP contribution in [0.3, 0.4) is 0 Å². The lowest BCUT2D eigenvalue weighted by molar-refractivity contribution is 0.669. The zero-order valence-corrected chi connectivity index (χ0v) is 29.6. The predicted molar refractivity (Wildman–Crippen MR) is 228 cm³/mol. The summed E-state index contributed by atoms with van der Waals surface area (Å²) in [5, 5.41) is 4.66. The Morgan fingerprint density at radius 2 is 0.796 bits per heavy atom. The third-order valence-corrected chi connectivity index (χ3v) is 10.5. The second-order valence-corrected chi connectivity index (χ2v) is 13.6. The van der Waals surface area contributed by atoms with Gasteiger partial charge in [-0.05, 0) is 80.7 Å². The van der Waals surface area contributed by atoms with Crippen LogP contribution in [-0.2, 0) is 0 Å². The number of benzene rings is 9. The number of hydrogen-bond donors (Lipinski definition) is 0. The fourth-order valence-corrected chi connectivity index (χ4v) is 8.05. The number of anilines is 3. The summed E-state index contributed by atoms with van der Waals surface area (Å²) in [6.07, 6.45) is 0. The van der Waals surface area contributed by atoms with E-state index in [2.05, 4.69) is 205 Å². The molecule has 0 aliphatic rings. The van der Waals surface area contributed by atoms with E-state index in [0.29, 0.717) is 0 Å². The van der Waals surface area contributed by atoms with Gasteiger partial charge in [0.05, 0.1) is 11.4 Å². The second-order valence-electron chi connectivity index (χ2n) is 13.6. The summed E-state index contributed by atoms with van der Waals surface area (Å²) >= 11 is 0. The minimum absolute atomic E-state index is 0.900. The monoisotopic (exact) mass is 689 g/mol. The molecule has 0 saturated heterocycles. The maximum Gasteiger partial charge on any atom is 0.136 e. The van der Waals surface area contributed by atoms with Crippen molar-refractivity contribution in [2.24, 2.45) is 0 Å². The Morgan fingerprint density at radius 1 is 0.296 bits per heavy atom. The quantitative estimate of drug-likeness (QED) is 0.166. The highest BCUT2D eigenvalue weighted by Crippen LogP contribution is 2.47. The highest BCUT2D eigenvalue weighted by molar-refractivity contribution is 6.12. The van der Waals surface area contributed by atoms with E-state index in [4.69, 9.17) is 4.42 Å². The lowest BCUT2D eigenvalue weighted by atomic mass is 9.88. The molecule has 254 valence electrons. The van der Waals surface area contributed by atoms with Gasteiger partial charge in [0.2, 0.25) is 0 Å². The van der Waals surface area contributed by atoms with Crippen molar-refractivity contribution in [1.82, 2.24) is 0 Å². The molecule has 0 bridgehead atoms. The first-order chi connectivity index (χ1) is 26.8. The molecule has 10 aromatic rings. The van der Waals surface area contributed by atoms with E-state index in [-0.39, 0.29) is 0 Å². The van der Waals surface area contributed by atoms with Crippen LogP contribution in [0, 0.1) is 0 Å². The number of rotatable bonds is 7. The van der Waals surface area contributed by atoms with E-state index in [1.165, 1.54) is 38.6 Å². The summed E-state index contributed by atoms with van der Waals surface area (Å²) in [5.41, 5.74) is 14.6. The van der Waals surface area contributed by atoms with Crippen molar-refractivity contribution < 1.29 is 4.42 Å².